The van der Waals surface area contributed by atoms with Crippen LogP contribution in [0, 0.1) is 0 Å². The van der Waals surface area contributed by atoms with Crippen molar-refractivity contribution < 1.29 is 0 Å². The number of aromatic amines is 2. The molecule has 7 heteroatoms. The van der Waals surface area contributed by atoms with Crippen LogP contribution in [0.1, 0.15) is 25.7 Å². The number of fused-ring (bicyclic) bond motifs is 2. The molecule has 0 saturated carbocycles. The highest BCUT2D eigenvalue weighted by molar-refractivity contribution is 5.97. The number of pyridine rings is 1. The number of nitrogen functional groups attached to an aromatic ring is 1. The van der Waals surface area contributed by atoms with Gasteiger partial charge in [-0.25, -0.2) is 4.98 Å². The first kappa shape index (κ1) is 19.4. The lowest BCUT2D eigenvalue weighted by Crippen LogP contribution is -2.39. The van der Waals surface area contributed by atoms with E-state index in [9.17, 15) is 4.79 Å². The summed E-state index contributed by atoms with van der Waals surface area (Å²) in [5.41, 5.74) is 10.7. The molecular formula is C25H28N6O. The third-order valence-corrected chi connectivity index (χ3v) is 7.04. The fourth-order valence-electron chi connectivity index (χ4n) is 5.42. The van der Waals surface area contributed by atoms with Crippen molar-refractivity contribution in [2.45, 2.75) is 31.7 Å². The Morgan fingerprint density at radius 1 is 1.00 bits per heavy atom. The van der Waals surface area contributed by atoms with Crippen molar-refractivity contribution in [3.8, 4) is 11.4 Å². The summed E-state index contributed by atoms with van der Waals surface area (Å²) in [4.78, 5) is 29.0. The Kier molecular flexibility index (Phi) is 4.64. The van der Waals surface area contributed by atoms with E-state index in [1.165, 1.54) is 44.5 Å². The molecule has 2 aromatic heterocycles. The molecule has 2 saturated heterocycles. The minimum Gasteiger partial charge on any atom is -0.397 e. The van der Waals surface area contributed by atoms with Crippen LogP contribution in [0.2, 0.25) is 0 Å². The molecule has 0 bridgehead atoms. The highest BCUT2D eigenvalue weighted by Gasteiger charge is 2.28. The van der Waals surface area contributed by atoms with Crippen molar-refractivity contribution in [2.75, 3.05) is 36.8 Å². The molecule has 6 rings (SSSR count). The summed E-state index contributed by atoms with van der Waals surface area (Å²) in [6.45, 7) is 4.69. The predicted molar refractivity (Wildman–Crippen MR) is 130 cm³/mol. The summed E-state index contributed by atoms with van der Waals surface area (Å²) in [5.74, 6) is 0.511. The van der Waals surface area contributed by atoms with Gasteiger partial charge < -0.3 is 25.5 Å². The van der Waals surface area contributed by atoms with Gasteiger partial charge in [-0.3, -0.25) is 4.79 Å². The van der Waals surface area contributed by atoms with Gasteiger partial charge in [0, 0.05) is 30.2 Å². The van der Waals surface area contributed by atoms with Crippen LogP contribution in [0.3, 0.4) is 0 Å². The zero-order chi connectivity index (χ0) is 21.7. The number of nitrogens with zero attached hydrogens (tertiary/aromatic N) is 3. The highest BCUT2D eigenvalue weighted by atomic mass is 16.1. The second kappa shape index (κ2) is 7.67. The number of rotatable bonds is 4. The Labute approximate surface area is 186 Å². The number of aromatic nitrogens is 3. The number of benzene rings is 2. The number of nitrogens with one attached hydrogen (secondary N) is 2. The number of H-pyrrole nitrogens is 2. The summed E-state index contributed by atoms with van der Waals surface area (Å²) in [6, 6.07) is 14.5. The Morgan fingerprint density at radius 2 is 1.84 bits per heavy atom. The molecule has 2 aromatic carbocycles. The monoisotopic (exact) mass is 428 g/mol. The summed E-state index contributed by atoms with van der Waals surface area (Å²) in [7, 11) is 0. The maximum atomic E-state index is 12.8. The fourth-order valence-corrected chi connectivity index (χ4v) is 5.42. The van der Waals surface area contributed by atoms with Gasteiger partial charge in [0.1, 0.15) is 11.4 Å². The Bertz CT molecular complexity index is 1350. The SMILES string of the molecule is Nc1c(-c2nc3cc(N4CCC[C@H]4CN4CCCC4)ccc3[nH]2)c(=O)[nH]c2ccccc12. The molecule has 4 aromatic rings. The summed E-state index contributed by atoms with van der Waals surface area (Å²) < 4.78 is 0. The third kappa shape index (κ3) is 3.24. The second-order valence-electron chi connectivity index (χ2n) is 9.07. The van der Waals surface area contributed by atoms with E-state index >= 15 is 0 Å². The second-order valence-corrected chi connectivity index (χ2v) is 9.07. The first-order chi connectivity index (χ1) is 15.7. The lowest BCUT2D eigenvalue weighted by atomic mass is 10.1. The quantitative estimate of drug-likeness (QED) is 0.461. The van der Waals surface area contributed by atoms with Crippen LogP contribution in [0.15, 0.2) is 47.3 Å². The van der Waals surface area contributed by atoms with E-state index in [0.717, 1.165) is 35.0 Å². The topological polar surface area (TPSA) is 94.0 Å². The molecule has 0 radical (unpaired) electrons. The van der Waals surface area contributed by atoms with E-state index in [1.54, 1.807) is 0 Å². The lowest BCUT2D eigenvalue weighted by molar-refractivity contribution is 0.314. The van der Waals surface area contributed by atoms with Crippen molar-refractivity contribution in [3.63, 3.8) is 0 Å². The van der Waals surface area contributed by atoms with Crippen LogP contribution in [0.5, 0.6) is 0 Å². The normalized spacial score (nSPS) is 19.5. The zero-order valence-corrected chi connectivity index (χ0v) is 18.1. The van der Waals surface area contributed by atoms with Crippen LogP contribution in [0.4, 0.5) is 11.4 Å². The van der Waals surface area contributed by atoms with E-state index in [1.807, 2.05) is 24.3 Å². The Morgan fingerprint density at radius 3 is 2.72 bits per heavy atom. The lowest BCUT2D eigenvalue weighted by Gasteiger charge is -2.30. The molecule has 2 aliphatic heterocycles. The van der Waals surface area contributed by atoms with Crippen molar-refractivity contribution >= 4 is 33.3 Å². The molecule has 164 valence electrons. The van der Waals surface area contributed by atoms with Crippen molar-refractivity contribution in [1.82, 2.24) is 19.9 Å². The molecule has 0 spiro atoms. The summed E-state index contributed by atoms with van der Waals surface area (Å²) in [6.07, 6.45) is 5.12. The van der Waals surface area contributed by atoms with Crippen molar-refractivity contribution in [1.29, 1.82) is 0 Å². The van der Waals surface area contributed by atoms with Crippen molar-refractivity contribution in [3.05, 3.63) is 52.8 Å². The minimum atomic E-state index is -0.231. The summed E-state index contributed by atoms with van der Waals surface area (Å²) in [5, 5.41) is 0.824. The average Bonchev–Trinajstić information content (AvgIpc) is 3.54. The van der Waals surface area contributed by atoms with Gasteiger partial charge >= 0.3 is 0 Å². The number of para-hydroxylation sites is 1. The largest absolute Gasteiger partial charge is 0.397 e. The van der Waals surface area contributed by atoms with Gasteiger partial charge in [0.2, 0.25) is 0 Å². The van der Waals surface area contributed by atoms with Gasteiger partial charge in [-0.2, -0.15) is 0 Å². The summed E-state index contributed by atoms with van der Waals surface area (Å²) >= 11 is 0. The molecule has 4 N–H and O–H groups in total. The van der Waals surface area contributed by atoms with Gasteiger partial charge in [0.15, 0.2) is 0 Å². The van der Waals surface area contributed by atoms with Crippen LogP contribution >= 0.6 is 0 Å². The minimum absolute atomic E-state index is 0.231. The number of anilines is 2. The standard InChI is InChI=1S/C25H28N6O/c26-23-18-7-1-2-8-19(18)29-25(32)22(23)24-27-20-10-9-16(14-21(20)28-24)31-13-5-6-17(31)15-30-11-3-4-12-30/h1-2,7-10,14,17H,3-6,11-13,15H2,(H,27,28)(H3,26,29,32)/t17-/m0/s1. The molecule has 32 heavy (non-hydrogen) atoms. The van der Waals surface area contributed by atoms with E-state index in [0.29, 0.717) is 23.1 Å². The molecule has 7 nitrogen and oxygen atoms in total. The Hall–Kier alpha value is -3.32. The zero-order valence-electron chi connectivity index (χ0n) is 18.1. The molecule has 0 unspecified atom stereocenters. The predicted octanol–water partition coefficient (Wildman–Crippen LogP) is 3.72. The number of hydrogen-bond acceptors (Lipinski definition) is 5. The number of likely N-dealkylation sites (tertiary alicyclic amines) is 1. The first-order valence-electron chi connectivity index (χ1n) is 11.6. The number of hydrogen-bond donors (Lipinski definition) is 3. The van der Waals surface area contributed by atoms with Crippen LogP contribution in [-0.4, -0.2) is 52.1 Å². The highest BCUT2D eigenvalue weighted by Crippen LogP contribution is 2.32. The van der Waals surface area contributed by atoms with Gasteiger partial charge in [0.05, 0.1) is 22.2 Å². The molecular weight excluding hydrogens is 400 g/mol. The van der Waals surface area contributed by atoms with Crippen LogP contribution in [0.25, 0.3) is 33.3 Å². The van der Waals surface area contributed by atoms with E-state index in [-0.39, 0.29) is 5.56 Å². The maximum Gasteiger partial charge on any atom is 0.261 e. The number of imidazole rings is 1. The molecule has 1 atom stereocenters. The Balaban J connectivity index is 1.36. The maximum absolute atomic E-state index is 12.8. The smallest absolute Gasteiger partial charge is 0.261 e. The number of nitrogens with two attached hydrogens (primary N) is 1. The third-order valence-electron chi connectivity index (χ3n) is 7.04. The van der Waals surface area contributed by atoms with Gasteiger partial charge in [-0.15, -0.1) is 0 Å². The van der Waals surface area contributed by atoms with E-state index in [2.05, 4.69) is 38.0 Å². The molecule has 0 aliphatic carbocycles. The molecule has 4 heterocycles. The van der Waals surface area contributed by atoms with Gasteiger partial charge in [0.25, 0.3) is 5.56 Å². The molecule has 2 fully saturated rings. The van der Waals surface area contributed by atoms with E-state index in [4.69, 9.17) is 10.7 Å². The fraction of sp³-hybridized carbons (Fsp3) is 0.360. The van der Waals surface area contributed by atoms with Crippen LogP contribution < -0.4 is 16.2 Å². The van der Waals surface area contributed by atoms with E-state index < -0.39 is 0 Å². The molecule has 2 aliphatic rings. The van der Waals surface area contributed by atoms with Gasteiger partial charge in [-0.05, 0) is 63.0 Å². The van der Waals surface area contributed by atoms with Gasteiger partial charge in [-0.1, -0.05) is 18.2 Å². The molecule has 0 amide bonds. The van der Waals surface area contributed by atoms with Crippen LogP contribution in [-0.2, 0) is 0 Å². The van der Waals surface area contributed by atoms with Crippen molar-refractivity contribution in [2.24, 2.45) is 0 Å². The average molecular weight is 429 g/mol. The first-order valence-corrected chi connectivity index (χ1v) is 11.6.